The number of ether oxygens (including phenoxy) is 3. The summed E-state index contributed by atoms with van der Waals surface area (Å²) in [6, 6.07) is 3.63. The Morgan fingerprint density at radius 3 is 2.13 bits per heavy atom. The van der Waals surface area contributed by atoms with Gasteiger partial charge in [0.05, 0.1) is 25.1 Å². The van der Waals surface area contributed by atoms with E-state index in [1.807, 2.05) is 53.7 Å². The van der Waals surface area contributed by atoms with Crippen molar-refractivity contribution in [3.63, 3.8) is 0 Å². The number of hydrogen-bond acceptors (Lipinski definition) is 10. The van der Waals surface area contributed by atoms with E-state index in [-0.39, 0.29) is 11.2 Å². The third-order valence-electron chi connectivity index (χ3n) is 4.16. The highest BCUT2D eigenvalue weighted by Crippen LogP contribution is 2.42. The molecule has 31 heavy (non-hydrogen) atoms. The van der Waals surface area contributed by atoms with Crippen molar-refractivity contribution in [2.75, 3.05) is 19.8 Å². The van der Waals surface area contributed by atoms with Crippen LogP contribution in [-0.2, 0) is 0 Å². The molecule has 9 nitrogen and oxygen atoms in total. The summed E-state index contributed by atoms with van der Waals surface area (Å²) >= 11 is 1.35. The van der Waals surface area contributed by atoms with Crippen molar-refractivity contribution in [3.8, 4) is 28.7 Å². The number of thioether (sulfide) groups is 1. The van der Waals surface area contributed by atoms with Gasteiger partial charge in [-0.15, -0.1) is 10.2 Å². The van der Waals surface area contributed by atoms with Crippen molar-refractivity contribution in [2.45, 2.75) is 57.9 Å². The van der Waals surface area contributed by atoms with E-state index in [0.717, 1.165) is 0 Å². The lowest BCUT2D eigenvalue weighted by Crippen LogP contribution is -2.03. The first-order valence-electron chi connectivity index (χ1n) is 10.4. The lowest BCUT2D eigenvalue weighted by molar-refractivity contribution is 0.261. The SMILES string of the molecule is CCOc1cc(-c2nnc(S[C@H](C)c3nc(C(C)C)no3)o2)cc(OCC)c1OCC. The summed E-state index contributed by atoms with van der Waals surface area (Å²) in [5.74, 6) is 3.45. The molecule has 0 aliphatic rings. The zero-order valence-corrected chi connectivity index (χ0v) is 19.5. The van der Waals surface area contributed by atoms with Gasteiger partial charge >= 0.3 is 0 Å². The van der Waals surface area contributed by atoms with Crippen molar-refractivity contribution < 1.29 is 23.2 Å². The molecular formula is C21H28N4O5S. The molecule has 0 radical (unpaired) electrons. The van der Waals surface area contributed by atoms with Gasteiger partial charge in [-0.2, -0.15) is 4.98 Å². The zero-order chi connectivity index (χ0) is 22.4. The predicted molar refractivity (Wildman–Crippen MR) is 116 cm³/mol. The van der Waals surface area contributed by atoms with Crippen LogP contribution in [0.25, 0.3) is 11.5 Å². The van der Waals surface area contributed by atoms with Gasteiger partial charge < -0.3 is 23.2 Å². The van der Waals surface area contributed by atoms with Crippen molar-refractivity contribution in [3.05, 3.63) is 23.8 Å². The van der Waals surface area contributed by atoms with E-state index in [9.17, 15) is 0 Å². The fourth-order valence-corrected chi connectivity index (χ4v) is 3.45. The van der Waals surface area contributed by atoms with Gasteiger partial charge in [0.2, 0.25) is 17.5 Å². The molecule has 2 aromatic heterocycles. The zero-order valence-electron chi connectivity index (χ0n) is 18.7. The van der Waals surface area contributed by atoms with E-state index in [1.165, 1.54) is 11.8 Å². The van der Waals surface area contributed by atoms with Gasteiger partial charge in [0.1, 0.15) is 0 Å². The molecule has 0 unspecified atom stereocenters. The van der Waals surface area contributed by atoms with Crippen molar-refractivity contribution in [1.29, 1.82) is 0 Å². The van der Waals surface area contributed by atoms with E-state index < -0.39 is 0 Å². The first-order chi connectivity index (χ1) is 15.0. The summed E-state index contributed by atoms with van der Waals surface area (Å²) in [6.07, 6.45) is 0. The molecule has 0 spiro atoms. The third-order valence-corrected chi connectivity index (χ3v) is 5.08. The summed E-state index contributed by atoms with van der Waals surface area (Å²) in [4.78, 5) is 4.43. The van der Waals surface area contributed by atoms with E-state index in [2.05, 4.69) is 20.3 Å². The number of benzene rings is 1. The minimum atomic E-state index is -0.133. The number of hydrogen-bond donors (Lipinski definition) is 0. The Bertz CT molecular complexity index is 961. The normalized spacial score (nSPS) is 12.2. The van der Waals surface area contributed by atoms with Gasteiger partial charge in [-0.25, -0.2) is 0 Å². The Labute approximate surface area is 185 Å². The fourth-order valence-electron chi connectivity index (χ4n) is 2.73. The molecule has 3 aromatic rings. The van der Waals surface area contributed by atoms with Crippen LogP contribution in [-0.4, -0.2) is 40.2 Å². The summed E-state index contributed by atoms with van der Waals surface area (Å²) in [7, 11) is 0. The van der Waals surface area contributed by atoms with Crippen LogP contribution >= 0.6 is 11.8 Å². The molecule has 0 fully saturated rings. The molecule has 0 amide bonds. The molecule has 168 valence electrons. The number of nitrogens with zero attached hydrogens (tertiary/aromatic N) is 4. The predicted octanol–water partition coefficient (Wildman–Crippen LogP) is 5.29. The second kappa shape index (κ2) is 10.5. The van der Waals surface area contributed by atoms with Crippen LogP contribution in [0.15, 0.2) is 26.3 Å². The smallest absolute Gasteiger partial charge is 0.277 e. The molecular weight excluding hydrogens is 420 g/mol. The van der Waals surface area contributed by atoms with E-state index >= 15 is 0 Å². The van der Waals surface area contributed by atoms with Crippen molar-refractivity contribution in [2.24, 2.45) is 0 Å². The van der Waals surface area contributed by atoms with Crippen LogP contribution in [0.2, 0.25) is 0 Å². The monoisotopic (exact) mass is 448 g/mol. The average molecular weight is 449 g/mol. The highest BCUT2D eigenvalue weighted by atomic mass is 32.2. The maximum absolute atomic E-state index is 5.88. The van der Waals surface area contributed by atoms with Crippen LogP contribution in [0.1, 0.15) is 64.4 Å². The van der Waals surface area contributed by atoms with Crippen LogP contribution in [0.3, 0.4) is 0 Å². The largest absolute Gasteiger partial charge is 0.490 e. The second-order valence-corrected chi connectivity index (χ2v) is 8.17. The van der Waals surface area contributed by atoms with Gasteiger partial charge in [0, 0.05) is 11.5 Å². The van der Waals surface area contributed by atoms with Gasteiger partial charge in [0.15, 0.2) is 17.3 Å². The van der Waals surface area contributed by atoms with Gasteiger partial charge in [-0.05, 0) is 39.8 Å². The van der Waals surface area contributed by atoms with Crippen LogP contribution in [0.4, 0.5) is 0 Å². The molecule has 0 saturated heterocycles. The van der Waals surface area contributed by atoms with E-state index in [1.54, 1.807) is 0 Å². The molecule has 0 saturated carbocycles. The molecule has 3 rings (SSSR count). The molecule has 10 heteroatoms. The lowest BCUT2D eigenvalue weighted by atomic mass is 10.2. The summed E-state index contributed by atoms with van der Waals surface area (Å²) in [6.45, 7) is 13.2. The Morgan fingerprint density at radius 2 is 1.58 bits per heavy atom. The van der Waals surface area contributed by atoms with E-state index in [4.69, 9.17) is 23.2 Å². The van der Waals surface area contributed by atoms with Gasteiger partial charge in [-0.3, -0.25) is 0 Å². The minimum Gasteiger partial charge on any atom is -0.490 e. The summed E-state index contributed by atoms with van der Waals surface area (Å²) in [5.41, 5.74) is 0.683. The van der Waals surface area contributed by atoms with Crippen LogP contribution in [0, 0.1) is 0 Å². The molecule has 0 bridgehead atoms. The Balaban J connectivity index is 1.84. The molecule has 1 atom stereocenters. The second-order valence-electron chi connectivity index (χ2n) is 6.88. The van der Waals surface area contributed by atoms with Crippen molar-refractivity contribution >= 4 is 11.8 Å². The molecule has 0 aliphatic heterocycles. The third kappa shape index (κ3) is 5.49. The maximum atomic E-state index is 5.88. The summed E-state index contributed by atoms with van der Waals surface area (Å²) < 4.78 is 28.5. The van der Waals surface area contributed by atoms with Gasteiger partial charge in [0.25, 0.3) is 5.22 Å². The topological polar surface area (TPSA) is 106 Å². The summed E-state index contributed by atoms with van der Waals surface area (Å²) in [5, 5.41) is 12.6. The minimum absolute atomic E-state index is 0.133. The molecule has 0 N–H and O–H groups in total. The quantitative estimate of drug-likeness (QED) is 0.359. The fraction of sp³-hybridized carbons (Fsp3) is 0.524. The van der Waals surface area contributed by atoms with Gasteiger partial charge in [-0.1, -0.05) is 30.8 Å². The standard InChI is InChI=1S/C21H28N4O5S/c1-7-26-15-10-14(11-16(27-8-2)17(15)28-9-3)20-23-24-21(29-20)31-13(6)19-22-18(12(4)5)25-30-19/h10-13H,7-9H2,1-6H3/t13-/m1/s1. The first-order valence-corrected chi connectivity index (χ1v) is 11.2. The molecule has 2 heterocycles. The Hall–Kier alpha value is -2.75. The maximum Gasteiger partial charge on any atom is 0.277 e. The number of rotatable bonds is 11. The highest BCUT2D eigenvalue weighted by Gasteiger charge is 2.22. The average Bonchev–Trinajstić information content (AvgIpc) is 3.40. The first kappa shape index (κ1) is 22.9. The highest BCUT2D eigenvalue weighted by molar-refractivity contribution is 7.99. The van der Waals surface area contributed by atoms with Crippen LogP contribution < -0.4 is 14.2 Å². The van der Waals surface area contributed by atoms with E-state index in [0.29, 0.717) is 65.5 Å². The Kier molecular flexibility index (Phi) is 7.78. The van der Waals surface area contributed by atoms with Crippen molar-refractivity contribution in [1.82, 2.24) is 20.3 Å². The van der Waals surface area contributed by atoms with Crippen LogP contribution in [0.5, 0.6) is 17.2 Å². The molecule has 0 aliphatic carbocycles. The Morgan fingerprint density at radius 1 is 0.935 bits per heavy atom. The molecule has 1 aromatic carbocycles. The lowest BCUT2D eigenvalue weighted by Gasteiger charge is -2.16. The number of aromatic nitrogens is 4.